The van der Waals surface area contributed by atoms with Crippen molar-refractivity contribution in [1.82, 2.24) is 15.1 Å². The second kappa shape index (κ2) is 30.4. The normalized spacial score (nSPS) is 18.2. The molecule has 1 saturated carbocycles. The van der Waals surface area contributed by atoms with Crippen molar-refractivity contribution in [3.63, 3.8) is 0 Å². The van der Waals surface area contributed by atoms with E-state index in [1.807, 2.05) is 55.4 Å². The van der Waals surface area contributed by atoms with Gasteiger partial charge in [0.15, 0.2) is 0 Å². The van der Waals surface area contributed by atoms with Crippen molar-refractivity contribution in [3.8, 4) is 0 Å². The van der Waals surface area contributed by atoms with Crippen LogP contribution in [0, 0.1) is 10.8 Å². The highest BCUT2D eigenvalue weighted by Gasteiger charge is 2.40. The van der Waals surface area contributed by atoms with Gasteiger partial charge in [-0.25, -0.2) is 0 Å². The highest BCUT2D eigenvalue weighted by molar-refractivity contribution is 4.93. The number of piperazine rings is 1. The van der Waals surface area contributed by atoms with Crippen LogP contribution in [0.3, 0.4) is 0 Å². The molecule has 1 saturated heterocycles. The molecule has 2 rings (SSSR count). The van der Waals surface area contributed by atoms with Crippen LogP contribution < -0.4 is 5.32 Å². The molecule has 2 aliphatic rings. The zero-order chi connectivity index (χ0) is 29.8. The first-order chi connectivity index (χ1) is 17.9. The summed E-state index contributed by atoms with van der Waals surface area (Å²) >= 11 is 0. The Labute approximate surface area is 239 Å². The van der Waals surface area contributed by atoms with Gasteiger partial charge < -0.3 is 10.2 Å². The Hall–Kier alpha value is -0.120. The molecule has 1 N–H and O–H groups in total. The van der Waals surface area contributed by atoms with E-state index < -0.39 is 0 Å². The van der Waals surface area contributed by atoms with Crippen LogP contribution in [0.25, 0.3) is 0 Å². The number of unbranched alkanes of at least 4 members (excludes halogenated alkanes) is 1. The van der Waals surface area contributed by atoms with E-state index in [4.69, 9.17) is 0 Å². The zero-order valence-corrected chi connectivity index (χ0v) is 29.3. The molecule has 0 radical (unpaired) electrons. The highest BCUT2D eigenvalue weighted by Crippen LogP contribution is 2.47. The second-order valence-corrected chi connectivity index (χ2v) is 10.4. The van der Waals surface area contributed by atoms with Gasteiger partial charge in [-0.3, -0.25) is 4.90 Å². The summed E-state index contributed by atoms with van der Waals surface area (Å²) in [5.74, 6) is 0. The third-order valence-corrected chi connectivity index (χ3v) is 7.81. The molecule has 3 heteroatoms. The minimum Gasteiger partial charge on any atom is -0.316 e. The fourth-order valence-electron chi connectivity index (χ4n) is 4.45. The monoisotopic (exact) mass is 530 g/mol. The Morgan fingerprint density at radius 2 is 1.24 bits per heavy atom. The maximum atomic E-state index is 3.78. The average molecular weight is 530 g/mol. The van der Waals surface area contributed by atoms with E-state index in [9.17, 15) is 0 Å². The Bertz CT molecular complexity index is 398. The van der Waals surface area contributed by atoms with Crippen molar-refractivity contribution in [2.75, 3.05) is 45.8 Å². The number of nitrogens with zero attached hydrogens (tertiary/aromatic N) is 2. The molecule has 1 aliphatic carbocycles. The van der Waals surface area contributed by atoms with Gasteiger partial charge in [-0.2, -0.15) is 0 Å². The van der Waals surface area contributed by atoms with Gasteiger partial charge >= 0.3 is 0 Å². The third-order valence-electron chi connectivity index (χ3n) is 7.81. The molecule has 2 unspecified atom stereocenters. The minimum atomic E-state index is 0.465. The van der Waals surface area contributed by atoms with Crippen molar-refractivity contribution in [1.29, 1.82) is 0 Å². The van der Waals surface area contributed by atoms with Crippen molar-refractivity contribution in [2.24, 2.45) is 10.8 Å². The first-order valence-corrected chi connectivity index (χ1v) is 17.0. The second-order valence-electron chi connectivity index (χ2n) is 10.4. The van der Waals surface area contributed by atoms with Crippen LogP contribution >= 0.6 is 0 Å². The molecule has 0 aromatic rings. The summed E-state index contributed by atoms with van der Waals surface area (Å²) in [5, 5.41) is 3.78. The lowest BCUT2D eigenvalue weighted by atomic mass is 9.83. The van der Waals surface area contributed by atoms with Crippen molar-refractivity contribution in [2.45, 2.75) is 168 Å². The predicted molar refractivity (Wildman–Crippen MR) is 176 cm³/mol. The average Bonchev–Trinajstić information content (AvgIpc) is 3.76. The topological polar surface area (TPSA) is 18.5 Å². The van der Waals surface area contributed by atoms with E-state index in [1.165, 1.54) is 104 Å². The predicted octanol–water partition coefficient (Wildman–Crippen LogP) is 10.3. The molecule has 230 valence electrons. The quantitative estimate of drug-likeness (QED) is 0.239. The number of nitrogens with one attached hydrogen (secondary N) is 1. The van der Waals surface area contributed by atoms with E-state index in [-0.39, 0.29) is 0 Å². The van der Waals surface area contributed by atoms with Crippen LogP contribution in [0.15, 0.2) is 0 Å². The van der Waals surface area contributed by atoms with E-state index in [0.29, 0.717) is 10.8 Å². The first kappa shape index (κ1) is 43.9. The van der Waals surface area contributed by atoms with Crippen LogP contribution in [0.5, 0.6) is 0 Å². The number of rotatable bonds is 13. The van der Waals surface area contributed by atoms with Gasteiger partial charge in [-0.05, 0) is 62.8 Å². The van der Waals surface area contributed by atoms with Gasteiger partial charge in [0.1, 0.15) is 0 Å². The fraction of sp³-hybridized carbons (Fsp3) is 1.00. The third kappa shape index (κ3) is 22.4. The van der Waals surface area contributed by atoms with Crippen molar-refractivity contribution < 1.29 is 0 Å². The smallest absolute Gasteiger partial charge is 0.0113 e. The maximum Gasteiger partial charge on any atom is 0.0113 e. The van der Waals surface area contributed by atoms with Crippen molar-refractivity contribution in [3.05, 3.63) is 0 Å². The number of hydrogen-bond acceptors (Lipinski definition) is 3. The highest BCUT2D eigenvalue weighted by atomic mass is 15.3. The minimum absolute atomic E-state index is 0.465. The molecule has 3 nitrogen and oxygen atoms in total. The Balaban J connectivity index is -0.000000391. The molecule has 0 amide bonds. The summed E-state index contributed by atoms with van der Waals surface area (Å²) in [4.78, 5) is 5.43. The summed E-state index contributed by atoms with van der Waals surface area (Å²) in [6.07, 6.45) is 12.1. The molecule has 0 aromatic heterocycles. The standard InChI is InChI=1S/C22H45N3.C4H10.4C2H6/c1-6-9-20(4)25-16-14-24(15-17-25)19-21(5,7-2)12-13-23-18-22(8-3)10-11-22;1-3-4-2;4*1-2/h20,23H,6-19H2,1-5H3;3-4H2,1-2H3;4*1-2H3. The van der Waals surface area contributed by atoms with E-state index >= 15 is 0 Å². The van der Waals surface area contributed by atoms with Gasteiger partial charge in [0, 0.05) is 45.3 Å². The summed E-state index contributed by atoms with van der Waals surface area (Å²) in [6, 6.07) is 0.766. The van der Waals surface area contributed by atoms with Gasteiger partial charge in [0.25, 0.3) is 0 Å². The van der Waals surface area contributed by atoms with E-state index in [2.05, 4.69) is 63.6 Å². The number of hydrogen-bond donors (Lipinski definition) is 1. The molecule has 0 spiro atoms. The van der Waals surface area contributed by atoms with Crippen LogP contribution in [0.4, 0.5) is 0 Å². The van der Waals surface area contributed by atoms with Crippen LogP contribution in [-0.2, 0) is 0 Å². The zero-order valence-electron chi connectivity index (χ0n) is 29.3. The molecular formula is C34H79N3. The van der Waals surface area contributed by atoms with Gasteiger partial charge in [0.05, 0.1) is 0 Å². The van der Waals surface area contributed by atoms with Crippen molar-refractivity contribution >= 4 is 0 Å². The lowest BCUT2D eigenvalue weighted by Gasteiger charge is -2.42. The molecule has 2 fully saturated rings. The van der Waals surface area contributed by atoms with Gasteiger partial charge in [0.2, 0.25) is 0 Å². The summed E-state index contributed by atoms with van der Waals surface area (Å²) in [6.45, 7) is 41.1. The van der Waals surface area contributed by atoms with Crippen LogP contribution in [0.1, 0.15) is 162 Å². The maximum absolute atomic E-state index is 3.78. The lowest BCUT2D eigenvalue weighted by molar-refractivity contribution is 0.0649. The summed E-state index contributed by atoms with van der Waals surface area (Å²) < 4.78 is 0. The molecule has 1 aliphatic heterocycles. The van der Waals surface area contributed by atoms with Crippen LogP contribution in [0.2, 0.25) is 0 Å². The largest absolute Gasteiger partial charge is 0.316 e. The Morgan fingerprint density at radius 3 is 1.59 bits per heavy atom. The molecule has 0 aromatic carbocycles. The summed E-state index contributed by atoms with van der Waals surface area (Å²) in [5.41, 5.74) is 1.14. The molecule has 2 atom stereocenters. The van der Waals surface area contributed by atoms with E-state index in [0.717, 1.165) is 6.04 Å². The SMILES string of the molecule is CC.CC.CC.CC.CCCC.CCCC(C)N1CCN(CC(C)(CC)CCNCC2(CC)CC2)CC1. The molecular weight excluding hydrogens is 450 g/mol. The van der Waals surface area contributed by atoms with E-state index in [1.54, 1.807) is 0 Å². The van der Waals surface area contributed by atoms with Crippen LogP contribution in [-0.4, -0.2) is 61.7 Å². The first-order valence-electron chi connectivity index (χ1n) is 17.0. The van der Waals surface area contributed by atoms with Gasteiger partial charge in [-0.15, -0.1) is 0 Å². The molecule has 37 heavy (non-hydrogen) atoms. The lowest BCUT2D eigenvalue weighted by Crippen LogP contribution is -2.52. The Morgan fingerprint density at radius 1 is 0.757 bits per heavy atom. The fourth-order valence-corrected chi connectivity index (χ4v) is 4.45. The molecule has 1 heterocycles. The van der Waals surface area contributed by atoms with Gasteiger partial charge in [-0.1, -0.05) is 116 Å². The Kier molecular flexibility index (Phi) is 36.1. The summed E-state index contributed by atoms with van der Waals surface area (Å²) in [7, 11) is 0. The molecule has 0 bridgehead atoms.